The van der Waals surface area contributed by atoms with Crippen LogP contribution in [0.5, 0.6) is 0 Å². The van der Waals surface area contributed by atoms with Gasteiger partial charge in [-0.05, 0) is 19.1 Å². The van der Waals surface area contributed by atoms with Crippen molar-refractivity contribution in [3.05, 3.63) is 45.2 Å². The third kappa shape index (κ3) is 3.14. The van der Waals surface area contributed by atoms with Crippen LogP contribution >= 0.6 is 11.6 Å². The number of aryl methyl sites for hydroxylation is 2. The van der Waals surface area contributed by atoms with Crippen molar-refractivity contribution in [2.75, 3.05) is 4.72 Å². The Labute approximate surface area is 125 Å². The van der Waals surface area contributed by atoms with Crippen LogP contribution in [0.2, 0.25) is 5.02 Å². The maximum Gasteiger partial charge on any atom is 0.289 e. The molecule has 0 saturated carbocycles. The van der Waals surface area contributed by atoms with Crippen LogP contribution in [0.3, 0.4) is 0 Å². The highest BCUT2D eigenvalue weighted by atomic mass is 35.5. The van der Waals surface area contributed by atoms with Crippen molar-refractivity contribution >= 4 is 33.0 Å². The zero-order valence-electron chi connectivity index (χ0n) is 11.1. The number of benzene rings is 1. The number of hydrogen-bond acceptors (Lipinski definition) is 5. The summed E-state index contributed by atoms with van der Waals surface area (Å²) in [5.74, 6) is 0. The van der Waals surface area contributed by atoms with Gasteiger partial charge < -0.3 is 0 Å². The highest BCUT2D eigenvalue weighted by Crippen LogP contribution is 2.28. The van der Waals surface area contributed by atoms with E-state index < -0.39 is 14.9 Å². The van der Waals surface area contributed by atoms with E-state index in [4.69, 9.17) is 11.6 Å². The molecule has 21 heavy (non-hydrogen) atoms. The van der Waals surface area contributed by atoms with Crippen molar-refractivity contribution in [3.8, 4) is 0 Å². The predicted octanol–water partition coefficient (Wildman–Crippen LogP) is 2.09. The van der Waals surface area contributed by atoms with Crippen molar-refractivity contribution < 1.29 is 13.3 Å². The van der Waals surface area contributed by atoms with Gasteiger partial charge in [-0.3, -0.25) is 19.5 Å². The van der Waals surface area contributed by atoms with Gasteiger partial charge in [-0.2, -0.15) is 5.10 Å². The topological polar surface area (TPSA) is 107 Å². The van der Waals surface area contributed by atoms with E-state index in [0.717, 1.165) is 6.07 Å². The van der Waals surface area contributed by atoms with Crippen molar-refractivity contribution in [3.63, 3.8) is 0 Å². The van der Waals surface area contributed by atoms with Gasteiger partial charge in [-0.15, -0.1) is 0 Å². The Balaban J connectivity index is 2.40. The number of nitro groups is 1. The van der Waals surface area contributed by atoms with Gasteiger partial charge in [0.1, 0.15) is 9.92 Å². The summed E-state index contributed by atoms with van der Waals surface area (Å²) >= 11 is 5.68. The summed E-state index contributed by atoms with van der Waals surface area (Å²) < 4.78 is 28.1. The van der Waals surface area contributed by atoms with E-state index in [0.29, 0.717) is 5.69 Å². The third-order valence-corrected chi connectivity index (χ3v) is 4.46. The Morgan fingerprint density at radius 2 is 2.10 bits per heavy atom. The molecule has 1 heterocycles. The Bertz CT molecular complexity index is 816. The van der Waals surface area contributed by atoms with Gasteiger partial charge in [-0.1, -0.05) is 11.6 Å². The van der Waals surface area contributed by atoms with Gasteiger partial charge in [-0.25, -0.2) is 8.42 Å². The van der Waals surface area contributed by atoms with Crippen LogP contribution in [-0.2, 0) is 17.1 Å². The van der Waals surface area contributed by atoms with Gasteiger partial charge in [0.25, 0.3) is 15.7 Å². The number of rotatable bonds is 4. The average Bonchev–Trinajstić information content (AvgIpc) is 2.71. The first-order chi connectivity index (χ1) is 9.70. The number of halogens is 1. The van der Waals surface area contributed by atoms with E-state index in [1.807, 2.05) is 0 Å². The number of hydrogen-bond donors (Lipinski definition) is 1. The average molecular weight is 331 g/mol. The summed E-state index contributed by atoms with van der Waals surface area (Å²) in [6, 6.07) is 3.66. The van der Waals surface area contributed by atoms with Gasteiger partial charge in [0, 0.05) is 19.3 Å². The lowest BCUT2D eigenvalue weighted by Gasteiger charge is -2.07. The molecule has 2 rings (SSSR count). The number of nitrogens with one attached hydrogen (secondary N) is 1. The molecule has 0 amide bonds. The second-order valence-electron chi connectivity index (χ2n) is 4.28. The molecular formula is C11H11ClN4O4S. The maximum absolute atomic E-state index is 12.2. The van der Waals surface area contributed by atoms with Crippen LogP contribution in [0.15, 0.2) is 29.3 Å². The van der Waals surface area contributed by atoms with E-state index in [1.165, 1.54) is 23.0 Å². The molecule has 2 aromatic rings. The predicted molar refractivity (Wildman–Crippen MR) is 76.9 cm³/mol. The first-order valence-corrected chi connectivity index (χ1v) is 7.54. The second-order valence-corrected chi connectivity index (χ2v) is 6.34. The minimum atomic E-state index is -3.88. The Morgan fingerprint density at radius 1 is 1.43 bits per heavy atom. The molecule has 112 valence electrons. The molecule has 10 heteroatoms. The molecule has 1 aromatic heterocycles. The highest BCUT2D eigenvalue weighted by molar-refractivity contribution is 7.92. The molecule has 1 N–H and O–H groups in total. The normalized spacial score (nSPS) is 11.4. The van der Waals surface area contributed by atoms with Crippen LogP contribution in [0, 0.1) is 17.0 Å². The fourth-order valence-electron chi connectivity index (χ4n) is 1.77. The molecule has 0 atom stereocenters. The summed E-state index contributed by atoms with van der Waals surface area (Å²) in [6.07, 6.45) is 1.35. The van der Waals surface area contributed by atoms with E-state index >= 15 is 0 Å². The SMILES string of the molecule is Cc1nn(C)cc1S(=O)(=O)Nc1ccc(Cl)c([N+](=O)[O-])c1. The molecule has 0 aliphatic rings. The Kier molecular flexibility index (Phi) is 3.88. The first kappa shape index (κ1) is 15.3. The number of aromatic nitrogens is 2. The Hall–Kier alpha value is -2.13. The quantitative estimate of drug-likeness (QED) is 0.682. The highest BCUT2D eigenvalue weighted by Gasteiger charge is 2.21. The zero-order chi connectivity index (χ0) is 15.8. The molecule has 0 fully saturated rings. The number of nitrogens with zero attached hydrogens (tertiary/aromatic N) is 3. The smallest absolute Gasteiger partial charge is 0.279 e. The standard InChI is InChI=1S/C11H11ClN4O4S/c1-7-11(6-15(2)13-7)21(19,20)14-8-3-4-9(12)10(5-8)16(17)18/h3-6,14H,1-2H3. The number of anilines is 1. The summed E-state index contributed by atoms with van der Waals surface area (Å²) in [4.78, 5) is 10.1. The third-order valence-electron chi connectivity index (χ3n) is 2.65. The van der Waals surface area contributed by atoms with Crippen LogP contribution in [0.4, 0.5) is 11.4 Å². The fraction of sp³-hybridized carbons (Fsp3) is 0.182. The molecule has 0 saturated heterocycles. The minimum absolute atomic E-state index is 0.00241. The molecule has 0 aliphatic carbocycles. The zero-order valence-corrected chi connectivity index (χ0v) is 12.6. The summed E-state index contributed by atoms with van der Waals surface area (Å²) in [6.45, 7) is 1.55. The van der Waals surface area contributed by atoms with E-state index in [2.05, 4.69) is 9.82 Å². The summed E-state index contributed by atoms with van der Waals surface area (Å²) in [5.41, 5.74) is 0.00240. The Morgan fingerprint density at radius 3 is 2.62 bits per heavy atom. The lowest BCUT2D eigenvalue weighted by Crippen LogP contribution is -2.13. The molecule has 0 radical (unpaired) electrons. The van der Waals surface area contributed by atoms with Gasteiger partial charge in [0.05, 0.1) is 16.3 Å². The molecule has 0 aliphatic heterocycles. The van der Waals surface area contributed by atoms with Crippen molar-refractivity contribution in [2.24, 2.45) is 7.05 Å². The van der Waals surface area contributed by atoms with Gasteiger partial charge >= 0.3 is 0 Å². The van der Waals surface area contributed by atoms with Crippen molar-refractivity contribution in [1.29, 1.82) is 0 Å². The first-order valence-electron chi connectivity index (χ1n) is 5.68. The maximum atomic E-state index is 12.2. The molecular weight excluding hydrogens is 320 g/mol. The molecule has 0 unspecified atom stereocenters. The fourth-order valence-corrected chi connectivity index (χ4v) is 3.22. The van der Waals surface area contributed by atoms with Crippen LogP contribution < -0.4 is 4.72 Å². The summed E-state index contributed by atoms with van der Waals surface area (Å²) in [5, 5.41) is 14.7. The number of nitro benzene ring substituents is 1. The van der Waals surface area contributed by atoms with Gasteiger partial charge in [0.2, 0.25) is 0 Å². The lowest BCUT2D eigenvalue weighted by molar-refractivity contribution is -0.384. The second kappa shape index (κ2) is 5.34. The summed E-state index contributed by atoms with van der Waals surface area (Å²) in [7, 11) is -2.28. The lowest BCUT2D eigenvalue weighted by atomic mass is 10.3. The molecule has 1 aromatic carbocycles. The molecule has 0 spiro atoms. The van der Waals surface area contributed by atoms with Gasteiger partial charge in [0.15, 0.2) is 0 Å². The van der Waals surface area contributed by atoms with E-state index in [-0.39, 0.29) is 21.3 Å². The van der Waals surface area contributed by atoms with E-state index in [9.17, 15) is 18.5 Å². The monoisotopic (exact) mass is 330 g/mol. The molecule has 8 nitrogen and oxygen atoms in total. The number of sulfonamides is 1. The largest absolute Gasteiger partial charge is 0.289 e. The van der Waals surface area contributed by atoms with E-state index in [1.54, 1.807) is 14.0 Å². The van der Waals surface area contributed by atoms with Crippen LogP contribution in [-0.4, -0.2) is 23.1 Å². The minimum Gasteiger partial charge on any atom is -0.279 e. The van der Waals surface area contributed by atoms with Crippen LogP contribution in [0.25, 0.3) is 0 Å². The van der Waals surface area contributed by atoms with Crippen molar-refractivity contribution in [2.45, 2.75) is 11.8 Å². The van der Waals surface area contributed by atoms with Crippen molar-refractivity contribution in [1.82, 2.24) is 9.78 Å². The van der Waals surface area contributed by atoms with Crippen LogP contribution in [0.1, 0.15) is 5.69 Å². The molecule has 0 bridgehead atoms.